The first-order chi connectivity index (χ1) is 7.30. The lowest BCUT2D eigenvalue weighted by Gasteiger charge is -2.09. The first kappa shape index (κ1) is 13.0. The van der Waals surface area contributed by atoms with Crippen LogP contribution in [0.3, 0.4) is 0 Å². The van der Waals surface area contributed by atoms with Gasteiger partial charge >= 0.3 is 6.18 Å². The summed E-state index contributed by atoms with van der Waals surface area (Å²) >= 11 is 2.80. The molecule has 0 bridgehead atoms. The number of nitrogens with zero attached hydrogens (tertiary/aromatic N) is 3. The van der Waals surface area contributed by atoms with Crippen LogP contribution in [0.25, 0.3) is 0 Å². The van der Waals surface area contributed by atoms with Crippen molar-refractivity contribution < 1.29 is 13.2 Å². The number of hydrogen-bond donors (Lipinski definition) is 0. The summed E-state index contributed by atoms with van der Waals surface area (Å²) in [7, 11) is 3.43. The fraction of sp³-hybridized carbons (Fsp3) is 0.333. The van der Waals surface area contributed by atoms with E-state index < -0.39 is 11.7 Å². The predicted molar refractivity (Wildman–Crippen MR) is 58.8 cm³/mol. The van der Waals surface area contributed by atoms with Crippen LogP contribution in [-0.4, -0.2) is 30.3 Å². The minimum Gasteiger partial charge on any atom is -0.369 e. The van der Waals surface area contributed by atoms with Crippen LogP contribution in [0.4, 0.5) is 19.0 Å². The first-order valence-corrected chi connectivity index (χ1v) is 5.03. The van der Waals surface area contributed by atoms with Gasteiger partial charge in [0.2, 0.25) is 0 Å². The molecule has 88 valence electrons. The van der Waals surface area contributed by atoms with Gasteiger partial charge in [0.1, 0.15) is 0 Å². The second-order valence-corrected chi connectivity index (χ2v) is 4.08. The summed E-state index contributed by atoms with van der Waals surface area (Å²) in [6.45, 7) is 0. The molecule has 1 rings (SSSR count). The standard InChI is InChI=1S/C9H9BrF3N3/c1-16(2)5-15-8-3-6(9(11,12)13)7(10)4-14-8/h3-5H,1-2H3. The molecular formula is C9H9BrF3N3. The van der Waals surface area contributed by atoms with E-state index >= 15 is 0 Å². The van der Waals surface area contributed by atoms with Gasteiger partial charge in [-0.2, -0.15) is 13.2 Å². The Morgan fingerprint density at radius 1 is 1.44 bits per heavy atom. The number of aliphatic imine (C=N–C) groups is 1. The van der Waals surface area contributed by atoms with Crippen molar-refractivity contribution >= 4 is 28.1 Å². The predicted octanol–water partition coefficient (Wildman–Crippen LogP) is 3.08. The Hall–Kier alpha value is -1.11. The maximum Gasteiger partial charge on any atom is 0.417 e. The van der Waals surface area contributed by atoms with E-state index in [2.05, 4.69) is 25.9 Å². The number of pyridine rings is 1. The molecule has 3 nitrogen and oxygen atoms in total. The Morgan fingerprint density at radius 2 is 2.06 bits per heavy atom. The molecule has 0 aliphatic rings. The largest absolute Gasteiger partial charge is 0.417 e. The third-order valence-corrected chi connectivity index (χ3v) is 2.20. The summed E-state index contributed by atoms with van der Waals surface area (Å²) in [5.41, 5.74) is -0.784. The van der Waals surface area contributed by atoms with Gasteiger partial charge in [-0.05, 0) is 22.0 Å². The molecule has 1 aromatic heterocycles. The highest BCUT2D eigenvalue weighted by molar-refractivity contribution is 9.10. The topological polar surface area (TPSA) is 28.5 Å². The molecule has 1 aromatic rings. The molecule has 0 saturated carbocycles. The minimum atomic E-state index is -4.41. The number of hydrogen-bond acceptors (Lipinski definition) is 2. The van der Waals surface area contributed by atoms with Gasteiger partial charge in [-0.1, -0.05) is 0 Å². The molecule has 16 heavy (non-hydrogen) atoms. The zero-order valence-electron chi connectivity index (χ0n) is 8.59. The van der Waals surface area contributed by atoms with Crippen LogP contribution < -0.4 is 0 Å². The van der Waals surface area contributed by atoms with Crippen molar-refractivity contribution in [2.24, 2.45) is 4.99 Å². The van der Waals surface area contributed by atoms with E-state index in [4.69, 9.17) is 0 Å². The Bertz CT molecular complexity index is 401. The van der Waals surface area contributed by atoms with Gasteiger partial charge in [0.25, 0.3) is 0 Å². The van der Waals surface area contributed by atoms with E-state index in [9.17, 15) is 13.2 Å². The smallest absolute Gasteiger partial charge is 0.369 e. The quantitative estimate of drug-likeness (QED) is 0.620. The molecule has 0 fully saturated rings. The molecule has 0 aliphatic carbocycles. The van der Waals surface area contributed by atoms with Crippen LogP contribution in [0, 0.1) is 0 Å². The fourth-order valence-electron chi connectivity index (χ4n) is 0.890. The lowest BCUT2D eigenvalue weighted by Crippen LogP contribution is -2.08. The summed E-state index contributed by atoms with van der Waals surface area (Å²) in [5.74, 6) is 0.0178. The van der Waals surface area contributed by atoms with Gasteiger partial charge in [0.15, 0.2) is 5.82 Å². The lowest BCUT2D eigenvalue weighted by atomic mass is 10.2. The van der Waals surface area contributed by atoms with Crippen LogP contribution in [0.1, 0.15) is 5.56 Å². The fourth-order valence-corrected chi connectivity index (χ4v) is 1.33. The van der Waals surface area contributed by atoms with Crippen molar-refractivity contribution in [1.82, 2.24) is 9.88 Å². The van der Waals surface area contributed by atoms with Gasteiger partial charge in [-0.25, -0.2) is 9.98 Å². The summed E-state index contributed by atoms with van der Waals surface area (Å²) in [4.78, 5) is 9.15. The summed E-state index contributed by atoms with van der Waals surface area (Å²) in [6, 6.07) is 0.893. The van der Waals surface area contributed by atoms with Crippen LogP contribution in [0.2, 0.25) is 0 Å². The monoisotopic (exact) mass is 295 g/mol. The van der Waals surface area contributed by atoms with Gasteiger partial charge < -0.3 is 4.90 Å². The molecule has 0 aromatic carbocycles. The molecule has 0 aliphatic heterocycles. The van der Waals surface area contributed by atoms with Crippen LogP contribution >= 0.6 is 15.9 Å². The van der Waals surface area contributed by atoms with Crippen molar-refractivity contribution in [3.8, 4) is 0 Å². The third-order valence-electron chi connectivity index (χ3n) is 1.57. The normalized spacial score (nSPS) is 12.1. The molecule has 1 heterocycles. The highest BCUT2D eigenvalue weighted by atomic mass is 79.9. The SMILES string of the molecule is CN(C)C=Nc1cc(C(F)(F)F)c(Br)cn1. The third kappa shape index (κ3) is 3.48. The molecule has 0 unspecified atom stereocenters. The second kappa shape index (κ2) is 4.82. The van der Waals surface area contributed by atoms with E-state index in [1.807, 2.05) is 0 Å². The molecule has 0 amide bonds. The lowest BCUT2D eigenvalue weighted by molar-refractivity contribution is -0.138. The van der Waals surface area contributed by atoms with Gasteiger partial charge in [-0.3, -0.25) is 0 Å². The number of rotatable bonds is 2. The molecule has 0 spiro atoms. The summed E-state index contributed by atoms with van der Waals surface area (Å²) in [6.07, 6.45) is -1.94. The van der Waals surface area contributed by atoms with Gasteiger partial charge in [0.05, 0.1) is 11.9 Å². The average Bonchev–Trinajstić information content (AvgIpc) is 2.14. The molecular weight excluding hydrogens is 287 g/mol. The van der Waals surface area contributed by atoms with Gasteiger partial charge in [-0.15, -0.1) is 0 Å². The van der Waals surface area contributed by atoms with E-state index in [0.29, 0.717) is 0 Å². The van der Waals surface area contributed by atoms with Crippen LogP contribution in [0.5, 0.6) is 0 Å². The van der Waals surface area contributed by atoms with E-state index in [-0.39, 0.29) is 10.3 Å². The minimum absolute atomic E-state index is 0.0178. The Kier molecular flexibility index (Phi) is 3.90. The van der Waals surface area contributed by atoms with Crippen LogP contribution in [-0.2, 0) is 6.18 Å². The zero-order valence-corrected chi connectivity index (χ0v) is 10.2. The molecule has 7 heteroatoms. The maximum atomic E-state index is 12.5. The first-order valence-electron chi connectivity index (χ1n) is 4.24. The molecule has 0 radical (unpaired) electrons. The number of halogens is 4. The Morgan fingerprint density at radius 3 is 2.56 bits per heavy atom. The molecule has 0 atom stereocenters. The highest BCUT2D eigenvalue weighted by Crippen LogP contribution is 2.35. The average molecular weight is 296 g/mol. The molecule has 0 N–H and O–H groups in total. The van der Waals surface area contributed by atoms with Crippen molar-refractivity contribution in [2.75, 3.05) is 14.1 Å². The molecule has 0 saturated heterocycles. The van der Waals surface area contributed by atoms with Gasteiger partial charge in [0, 0.05) is 24.8 Å². The van der Waals surface area contributed by atoms with E-state index in [0.717, 1.165) is 12.3 Å². The van der Waals surface area contributed by atoms with E-state index in [1.54, 1.807) is 19.0 Å². The van der Waals surface area contributed by atoms with Crippen molar-refractivity contribution in [3.05, 3.63) is 22.3 Å². The Balaban J connectivity index is 3.08. The number of alkyl halides is 3. The second-order valence-electron chi connectivity index (χ2n) is 3.23. The highest BCUT2D eigenvalue weighted by Gasteiger charge is 2.33. The van der Waals surface area contributed by atoms with E-state index in [1.165, 1.54) is 6.34 Å². The maximum absolute atomic E-state index is 12.5. The van der Waals surface area contributed by atoms with Crippen molar-refractivity contribution in [3.63, 3.8) is 0 Å². The van der Waals surface area contributed by atoms with Crippen molar-refractivity contribution in [2.45, 2.75) is 6.18 Å². The summed E-state index contributed by atoms with van der Waals surface area (Å²) in [5, 5.41) is 0. The summed E-state index contributed by atoms with van der Waals surface area (Å²) < 4.78 is 37.4. The number of aromatic nitrogens is 1. The van der Waals surface area contributed by atoms with Crippen molar-refractivity contribution in [1.29, 1.82) is 0 Å². The zero-order chi connectivity index (χ0) is 12.3. The Labute approximate surface area is 99.1 Å². The van der Waals surface area contributed by atoms with Crippen LogP contribution in [0.15, 0.2) is 21.7 Å².